The molecule has 16 heavy (non-hydrogen) atoms. The first-order valence-electron chi connectivity index (χ1n) is 5.93. The van der Waals surface area contributed by atoms with Crippen molar-refractivity contribution in [1.29, 1.82) is 5.26 Å². The van der Waals surface area contributed by atoms with E-state index in [1.807, 2.05) is 0 Å². The number of hydrogen-bond donors (Lipinski definition) is 1. The molecule has 1 saturated carbocycles. The summed E-state index contributed by atoms with van der Waals surface area (Å²) in [6, 6.07) is 2.30. The Bertz CT molecular complexity index is 293. The van der Waals surface area contributed by atoms with Crippen LogP contribution in [-0.2, 0) is 9.47 Å². The second kappa shape index (κ2) is 4.33. The maximum absolute atomic E-state index is 10.9. The third-order valence-corrected chi connectivity index (χ3v) is 4.16. The lowest BCUT2D eigenvalue weighted by Gasteiger charge is -2.46. The van der Waals surface area contributed by atoms with Gasteiger partial charge in [-0.05, 0) is 19.3 Å². The van der Waals surface area contributed by atoms with Crippen LogP contribution in [0.15, 0.2) is 0 Å². The van der Waals surface area contributed by atoms with E-state index in [1.165, 1.54) is 0 Å². The fraction of sp³-hybridized carbons (Fsp3) is 0.917. The molecule has 0 aromatic carbocycles. The summed E-state index contributed by atoms with van der Waals surface area (Å²) >= 11 is 0. The summed E-state index contributed by atoms with van der Waals surface area (Å²) in [5, 5.41) is 20.3. The van der Waals surface area contributed by atoms with Crippen molar-refractivity contribution in [1.82, 2.24) is 0 Å². The van der Waals surface area contributed by atoms with Gasteiger partial charge in [0.25, 0.3) is 0 Å². The van der Waals surface area contributed by atoms with Crippen molar-refractivity contribution >= 4 is 0 Å². The first kappa shape index (κ1) is 11.8. The second-order valence-electron chi connectivity index (χ2n) is 4.89. The molecule has 0 radical (unpaired) electrons. The van der Waals surface area contributed by atoms with E-state index in [-0.39, 0.29) is 6.10 Å². The van der Waals surface area contributed by atoms with Crippen LogP contribution in [-0.4, -0.2) is 37.1 Å². The first-order valence-corrected chi connectivity index (χ1v) is 5.93. The average molecular weight is 225 g/mol. The quantitative estimate of drug-likeness (QED) is 0.768. The highest BCUT2D eigenvalue weighted by Crippen LogP contribution is 2.47. The molecule has 2 rings (SSSR count). The molecule has 0 aromatic rings. The summed E-state index contributed by atoms with van der Waals surface area (Å²) in [4.78, 5) is 0. The SMILES string of the molecule is COC1CCCCC1(O)C1(C#N)CCOC1. The highest BCUT2D eigenvalue weighted by Gasteiger charge is 2.58. The van der Waals surface area contributed by atoms with Crippen LogP contribution in [0.4, 0.5) is 0 Å². The molecule has 1 N–H and O–H groups in total. The minimum Gasteiger partial charge on any atom is -0.385 e. The minimum absolute atomic E-state index is 0.234. The van der Waals surface area contributed by atoms with E-state index in [0.717, 1.165) is 19.3 Å². The van der Waals surface area contributed by atoms with Crippen LogP contribution in [0, 0.1) is 16.7 Å². The van der Waals surface area contributed by atoms with Crippen LogP contribution in [0.5, 0.6) is 0 Å². The van der Waals surface area contributed by atoms with Gasteiger partial charge in [-0.25, -0.2) is 0 Å². The standard InChI is InChI=1S/C12H19NO3/c1-15-10-4-2-3-5-12(10,14)11(8-13)6-7-16-9-11/h10,14H,2-7,9H2,1H3. The lowest BCUT2D eigenvalue weighted by atomic mass is 9.64. The van der Waals surface area contributed by atoms with E-state index in [1.54, 1.807) is 7.11 Å². The molecule has 3 atom stereocenters. The highest BCUT2D eigenvalue weighted by atomic mass is 16.5. The van der Waals surface area contributed by atoms with Gasteiger partial charge in [-0.3, -0.25) is 0 Å². The minimum atomic E-state index is -1.04. The number of methoxy groups -OCH3 is 1. The van der Waals surface area contributed by atoms with Crippen LogP contribution < -0.4 is 0 Å². The van der Waals surface area contributed by atoms with Crippen molar-refractivity contribution in [2.24, 2.45) is 5.41 Å². The largest absolute Gasteiger partial charge is 0.385 e. The smallest absolute Gasteiger partial charge is 0.114 e. The van der Waals surface area contributed by atoms with Crippen molar-refractivity contribution in [3.63, 3.8) is 0 Å². The zero-order valence-corrected chi connectivity index (χ0v) is 9.74. The van der Waals surface area contributed by atoms with E-state index < -0.39 is 11.0 Å². The van der Waals surface area contributed by atoms with Crippen LogP contribution in [0.1, 0.15) is 32.1 Å². The summed E-state index contributed by atoms with van der Waals surface area (Å²) in [6.45, 7) is 0.895. The van der Waals surface area contributed by atoms with Crippen molar-refractivity contribution in [2.45, 2.75) is 43.8 Å². The summed E-state index contributed by atoms with van der Waals surface area (Å²) in [5.41, 5.74) is -1.81. The van der Waals surface area contributed by atoms with E-state index in [9.17, 15) is 10.4 Å². The Labute approximate surface area is 96.2 Å². The summed E-state index contributed by atoms with van der Waals surface area (Å²) < 4.78 is 10.7. The van der Waals surface area contributed by atoms with Gasteiger partial charge in [0, 0.05) is 13.7 Å². The monoisotopic (exact) mass is 225 g/mol. The summed E-state index contributed by atoms with van der Waals surface area (Å²) in [6.07, 6.45) is 3.87. The Morgan fingerprint density at radius 3 is 2.81 bits per heavy atom. The molecule has 90 valence electrons. The Morgan fingerprint density at radius 1 is 1.44 bits per heavy atom. The molecule has 2 aliphatic rings. The van der Waals surface area contributed by atoms with Crippen LogP contribution >= 0.6 is 0 Å². The molecule has 2 fully saturated rings. The van der Waals surface area contributed by atoms with Gasteiger partial charge in [0.05, 0.1) is 18.8 Å². The predicted molar refractivity (Wildman–Crippen MR) is 57.7 cm³/mol. The van der Waals surface area contributed by atoms with Gasteiger partial charge >= 0.3 is 0 Å². The van der Waals surface area contributed by atoms with Crippen molar-refractivity contribution in [2.75, 3.05) is 20.3 Å². The number of ether oxygens (including phenoxy) is 2. The molecular formula is C12H19NO3. The van der Waals surface area contributed by atoms with Gasteiger partial charge in [0.2, 0.25) is 0 Å². The summed E-state index contributed by atoms with van der Waals surface area (Å²) in [7, 11) is 1.61. The number of aliphatic hydroxyl groups is 1. The van der Waals surface area contributed by atoms with E-state index in [0.29, 0.717) is 26.1 Å². The maximum Gasteiger partial charge on any atom is 0.114 e. The van der Waals surface area contributed by atoms with Crippen molar-refractivity contribution in [3.8, 4) is 6.07 Å². The molecule has 1 aliphatic carbocycles. The molecule has 0 amide bonds. The van der Waals surface area contributed by atoms with Gasteiger partial charge < -0.3 is 14.6 Å². The third kappa shape index (κ3) is 1.55. The zero-order chi connectivity index (χ0) is 11.6. The van der Waals surface area contributed by atoms with Crippen LogP contribution in [0.25, 0.3) is 0 Å². The van der Waals surface area contributed by atoms with Gasteiger partial charge in [-0.1, -0.05) is 12.8 Å². The van der Waals surface area contributed by atoms with E-state index >= 15 is 0 Å². The van der Waals surface area contributed by atoms with Gasteiger partial charge in [-0.2, -0.15) is 5.26 Å². The molecule has 1 aliphatic heterocycles. The van der Waals surface area contributed by atoms with Gasteiger partial charge in [0.1, 0.15) is 11.0 Å². The highest BCUT2D eigenvalue weighted by molar-refractivity contribution is 5.17. The lowest BCUT2D eigenvalue weighted by molar-refractivity contribution is -0.170. The predicted octanol–water partition coefficient (Wildman–Crippen LogP) is 1.24. The Kier molecular flexibility index (Phi) is 3.20. The number of hydrogen-bond acceptors (Lipinski definition) is 4. The van der Waals surface area contributed by atoms with Crippen molar-refractivity contribution < 1.29 is 14.6 Å². The number of nitrogens with zero attached hydrogens (tertiary/aromatic N) is 1. The Hall–Kier alpha value is -0.630. The number of rotatable bonds is 2. The normalized spacial score (nSPS) is 44.2. The van der Waals surface area contributed by atoms with Gasteiger partial charge in [0.15, 0.2) is 0 Å². The maximum atomic E-state index is 10.9. The van der Waals surface area contributed by atoms with E-state index in [4.69, 9.17) is 9.47 Å². The fourth-order valence-electron chi connectivity index (χ4n) is 3.08. The second-order valence-corrected chi connectivity index (χ2v) is 4.89. The Morgan fingerprint density at radius 2 is 2.25 bits per heavy atom. The molecule has 0 spiro atoms. The molecule has 3 unspecified atom stereocenters. The van der Waals surface area contributed by atoms with Crippen LogP contribution in [0.2, 0.25) is 0 Å². The molecule has 0 aromatic heterocycles. The zero-order valence-electron chi connectivity index (χ0n) is 9.74. The molecule has 1 heterocycles. The van der Waals surface area contributed by atoms with Crippen molar-refractivity contribution in [3.05, 3.63) is 0 Å². The molecule has 4 nitrogen and oxygen atoms in total. The molecule has 1 saturated heterocycles. The third-order valence-electron chi connectivity index (χ3n) is 4.16. The fourth-order valence-corrected chi connectivity index (χ4v) is 3.08. The van der Waals surface area contributed by atoms with Gasteiger partial charge in [-0.15, -0.1) is 0 Å². The Balaban J connectivity index is 2.30. The number of nitriles is 1. The molecule has 4 heteroatoms. The molecule has 0 bridgehead atoms. The van der Waals surface area contributed by atoms with Crippen LogP contribution in [0.3, 0.4) is 0 Å². The lowest BCUT2D eigenvalue weighted by Crippen LogP contribution is -2.58. The average Bonchev–Trinajstić information content (AvgIpc) is 2.80. The first-order chi connectivity index (χ1) is 7.68. The topological polar surface area (TPSA) is 62.5 Å². The molecular weight excluding hydrogens is 206 g/mol. The van der Waals surface area contributed by atoms with E-state index in [2.05, 4.69) is 6.07 Å². The summed E-state index contributed by atoms with van der Waals surface area (Å²) in [5.74, 6) is 0.